The van der Waals surface area contributed by atoms with Gasteiger partial charge in [0.1, 0.15) is 0 Å². The standard InChI is InChI=1S/C18H25N5O/c1-22(14-15-6-3-4-10-19-15)16-7-5-12-23(13-9-16)18-20-11-8-17(21-18)24-2/h3-4,6,8,10-11,16H,5,7,9,12-14H2,1-2H3. The number of hydrogen-bond acceptors (Lipinski definition) is 6. The number of ether oxygens (including phenoxy) is 1. The van der Waals surface area contributed by atoms with Crippen LogP contribution in [-0.4, -0.2) is 53.1 Å². The Bertz CT molecular complexity index is 636. The van der Waals surface area contributed by atoms with Gasteiger partial charge in [-0.25, -0.2) is 4.98 Å². The Morgan fingerprint density at radius 1 is 1.17 bits per heavy atom. The molecule has 128 valence electrons. The van der Waals surface area contributed by atoms with E-state index < -0.39 is 0 Å². The van der Waals surface area contributed by atoms with Gasteiger partial charge in [-0.2, -0.15) is 4.98 Å². The molecule has 1 aliphatic heterocycles. The van der Waals surface area contributed by atoms with Gasteiger partial charge in [-0.05, 0) is 38.4 Å². The van der Waals surface area contributed by atoms with Crippen LogP contribution in [0.4, 0.5) is 5.95 Å². The number of rotatable bonds is 5. The van der Waals surface area contributed by atoms with Crippen LogP contribution in [0, 0.1) is 0 Å². The van der Waals surface area contributed by atoms with E-state index in [0.29, 0.717) is 11.9 Å². The number of aromatic nitrogens is 3. The summed E-state index contributed by atoms with van der Waals surface area (Å²) in [5.74, 6) is 1.38. The molecule has 1 atom stereocenters. The Labute approximate surface area is 143 Å². The zero-order chi connectivity index (χ0) is 16.8. The van der Waals surface area contributed by atoms with Gasteiger partial charge >= 0.3 is 0 Å². The van der Waals surface area contributed by atoms with Crippen molar-refractivity contribution in [1.82, 2.24) is 19.9 Å². The third-order valence-corrected chi connectivity index (χ3v) is 4.57. The Morgan fingerprint density at radius 3 is 2.88 bits per heavy atom. The Morgan fingerprint density at radius 2 is 2.08 bits per heavy atom. The number of nitrogens with zero attached hydrogens (tertiary/aromatic N) is 5. The summed E-state index contributed by atoms with van der Waals surface area (Å²) in [6.45, 7) is 2.84. The predicted octanol–water partition coefficient (Wildman–Crippen LogP) is 2.37. The molecule has 0 radical (unpaired) electrons. The minimum absolute atomic E-state index is 0.558. The molecule has 1 fully saturated rings. The lowest BCUT2D eigenvalue weighted by Gasteiger charge is -2.27. The zero-order valence-electron chi connectivity index (χ0n) is 14.4. The number of anilines is 1. The third kappa shape index (κ3) is 4.20. The molecule has 0 bridgehead atoms. The van der Waals surface area contributed by atoms with Crippen molar-refractivity contribution in [3.8, 4) is 5.88 Å². The molecule has 0 aliphatic carbocycles. The van der Waals surface area contributed by atoms with E-state index in [4.69, 9.17) is 4.74 Å². The van der Waals surface area contributed by atoms with Crippen LogP contribution in [0.15, 0.2) is 36.7 Å². The van der Waals surface area contributed by atoms with Crippen LogP contribution in [0.1, 0.15) is 25.0 Å². The zero-order valence-corrected chi connectivity index (χ0v) is 14.4. The van der Waals surface area contributed by atoms with Gasteiger partial charge in [0.05, 0.1) is 12.8 Å². The Kier molecular flexibility index (Phi) is 5.59. The van der Waals surface area contributed by atoms with Gasteiger partial charge in [-0.1, -0.05) is 6.07 Å². The summed E-state index contributed by atoms with van der Waals surface area (Å²) in [7, 11) is 3.83. The van der Waals surface area contributed by atoms with Crippen LogP contribution in [0.25, 0.3) is 0 Å². The SMILES string of the molecule is COc1ccnc(N2CCCC(N(C)Cc3ccccn3)CC2)n1. The molecule has 3 rings (SSSR count). The predicted molar refractivity (Wildman–Crippen MR) is 94.1 cm³/mol. The van der Waals surface area contributed by atoms with Crippen LogP contribution < -0.4 is 9.64 Å². The average Bonchev–Trinajstić information content (AvgIpc) is 2.89. The molecule has 2 aromatic rings. The summed E-state index contributed by atoms with van der Waals surface area (Å²) < 4.78 is 5.21. The molecule has 0 aromatic carbocycles. The fraction of sp³-hybridized carbons (Fsp3) is 0.500. The van der Waals surface area contributed by atoms with Crippen molar-refractivity contribution in [2.24, 2.45) is 0 Å². The van der Waals surface area contributed by atoms with Gasteiger partial charge in [0, 0.05) is 44.1 Å². The number of pyridine rings is 1. The molecule has 6 nitrogen and oxygen atoms in total. The van der Waals surface area contributed by atoms with Crippen LogP contribution >= 0.6 is 0 Å². The second kappa shape index (κ2) is 8.06. The second-order valence-electron chi connectivity index (χ2n) is 6.21. The fourth-order valence-electron chi connectivity index (χ4n) is 3.19. The molecular formula is C18H25N5O. The van der Waals surface area contributed by atoms with E-state index in [2.05, 4.69) is 37.9 Å². The Hall–Kier alpha value is -2.21. The quantitative estimate of drug-likeness (QED) is 0.840. The van der Waals surface area contributed by atoms with Crippen LogP contribution in [0.3, 0.4) is 0 Å². The monoisotopic (exact) mass is 327 g/mol. The first-order chi connectivity index (χ1) is 11.8. The number of hydrogen-bond donors (Lipinski definition) is 0. The van der Waals surface area contributed by atoms with E-state index in [9.17, 15) is 0 Å². The molecule has 0 saturated carbocycles. The average molecular weight is 327 g/mol. The molecular weight excluding hydrogens is 302 g/mol. The van der Waals surface area contributed by atoms with Crippen molar-refractivity contribution in [3.05, 3.63) is 42.4 Å². The van der Waals surface area contributed by atoms with E-state index >= 15 is 0 Å². The van der Waals surface area contributed by atoms with Crippen LogP contribution in [0.2, 0.25) is 0 Å². The molecule has 1 aliphatic rings. The topological polar surface area (TPSA) is 54.4 Å². The van der Waals surface area contributed by atoms with Crippen molar-refractivity contribution in [2.45, 2.75) is 31.8 Å². The van der Waals surface area contributed by atoms with Gasteiger partial charge in [-0.3, -0.25) is 9.88 Å². The molecule has 24 heavy (non-hydrogen) atoms. The van der Waals surface area contributed by atoms with E-state index in [1.54, 1.807) is 19.4 Å². The van der Waals surface area contributed by atoms with Crippen molar-refractivity contribution in [2.75, 3.05) is 32.1 Å². The molecule has 1 unspecified atom stereocenters. The third-order valence-electron chi connectivity index (χ3n) is 4.57. The molecule has 0 spiro atoms. The maximum Gasteiger partial charge on any atom is 0.228 e. The van der Waals surface area contributed by atoms with E-state index in [1.165, 1.54) is 6.42 Å². The van der Waals surface area contributed by atoms with Crippen molar-refractivity contribution >= 4 is 5.95 Å². The largest absolute Gasteiger partial charge is 0.481 e. The highest BCUT2D eigenvalue weighted by atomic mass is 16.5. The molecule has 0 amide bonds. The maximum atomic E-state index is 5.21. The minimum atomic E-state index is 0.558. The van der Waals surface area contributed by atoms with Crippen molar-refractivity contribution in [1.29, 1.82) is 0 Å². The van der Waals surface area contributed by atoms with E-state index in [-0.39, 0.29) is 0 Å². The molecule has 3 heterocycles. The van der Waals surface area contributed by atoms with E-state index in [0.717, 1.165) is 44.1 Å². The molecule has 6 heteroatoms. The maximum absolute atomic E-state index is 5.21. The van der Waals surface area contributed by atoms with Gasteiger partial charge in [0.25, 0.3) is 0 Å². The first-order valence-corrected chi connectivity index (χ1v) is 8.48. The highest BCUT2D eigenvalue weighted by Gasteiger charge is 2.22. The summed E-state index contributed by atoms with van der Waals surface area (Å²) in [6, 6.07) is 8.43. The highest BCUT2D eigenvalue weighted by Crippen LogP contribution is 2.21. The Balaban J connectivity index is 1.60. The molecule has 2 aromatic heterocycles. The summed E-state index contributed by atoms with van der Waals surface area (Å²) in [4.78, 5) is 18.0. The summed E-state index contributed by atoms with van der Waals surface area (Å²) in [5, 5.41) is 0. The van der Waals surface area contributed by atoms with Crippen molar-refractivity contribution < 1.29 is 4.74 Å². The smallest absolute Gasteiger partial charge is 0.228 e. The van der Waals surface area contributed by atoms with Gasteiger partial charge < -0.3 is 9.64 Å². The van der Waals surface area contributed by atoms with E-state index in [1.807, 2.05) is 18.3 Å². The number of methoxy groups -OCH3 is 1. The lowest BCUT2D eigenvalue weighted by atomic mass is 10.1. The second-order valence-corrected chi connectivity index (χ2v) is 6.21. The highest BCUT2D eigenvalue weighted by molar-refractivity contribution is 5.32. The summed E-state index contributed by atoms with van der Waals surface area (Å²) >= 11 is 0. The van der Waals surface area contributed by atoms with Gasteiger partial charge in [0.15, 0.2) is 0 Å². The van der Waals surface area contributed by atoms with Crippen molar-refractivity contribution in [3.63, 3.8) is 0 Å². The van der Waals surface area contributed by atoms with Crippen LogP contribution in [0.5, 0.6) is 5.88 Å². The lowest BCUT2D eigenvalue weighted by Crippen LogP contribution is -2.33. The molecule has 1 saturated heterocycles. The fourth-order valence-corrected chi connectivity index (χ4v) is 3.19. The van der Waals surface area contributed by atoms with Gasteiger partial charge in [0.2, 0.25) is 11.8 Å². The minimum Gasteiger partial charge on any atom is -0.481 e. The summed E-state index contributed by atoms with van der Waals surface area (Å²) in [5.41, 5.74) is 1.12. The first kappa shape index (κ1) is 16.6. The van der Waals surface area contributed by atoms with Crippen LogP contribution in [-0.2, 0) is 6.54 Å². The lowest BCUT2D eigenvalue weighted by molar-refractivity contribution is 0.215. The normalized spacial score (nSPS) is 18.5. The summed E-state index contributed by atoms with van der Waals surface area (Å²) in [6.07, 6.45) is 7.04. The molecule has 0 N–H and O–H groups in total. The first-order valence-electron chi connectivity index (χ1n) is 8.48. The van der Waals surface area contributed by atoms with Gasteiger partial charge in [-0.15, -0.1) is 0 Å².